The topological polar surface area (TPSA) is 55.4 Å². The second-order valence-corrected chi connectivity index (χ2v) is 6.39. The van der Waals surface area contributed by atoms with Gasteiger partial charge in [-0.1, -0.05) is 26.7 Å². The van der Waals surface area contributed by atoms with Crippen LogP contribution in [0, 0.1) is 11.3 Å². The lowest BCUT2D eigenvalue weighted by molar-refractivity contribution is -0.144. The Morgan fingerprint density at radius 3 is 2.40 bits per heavy atom. The molecule has 1 N–H and O–H groups in total. The van der Waals surface area contributed by atoms with Crippen LogP contribution in [0.25, 0.3) is 0 Å². The van der Waals surface area contributed by atoms with E-state index in [1.165, 1.54) is 32.1 Å². The average Bonchev–Trinajstić information content (AvgIpc) is 2.82. The lowest BCUT2D eigenvalue weighted by atomic mass is 9.78. The highest BCUT2D eigenvalue weighted by molar-refractivity contribution is 5.81. The molecule has 0 spiro atoms. The minimum Gasteiger partial charge on any atom is -0.466 e. The van der Waals surface area contributed by atoms with Gasteiger partial charge in [0.1, 0.15) is 0 Å². The van der Waals surface area contributed by atoms with Crippen molar-refractivity contribution in [1.82, 2.24) is 5.32 Å². The van der Waals surface area contributed by atoms with E-state index in [1.54, 1.807) is 6.92 Å². The minimum atomic E-state index is -0.291. The lowest BCUT2D eigenvalue weighted by Gasteiger charge is -2.31. The van der Waals surface area contributed by atoms with Gasteiger partial charge in [0.25, 0.3) is 0 Å². The van der Waals surface area contributed by atoms with Crippen molar-refractivity contribution in [2.45, 2.75) is 65.7 Å². The second-order valence-electron chi connectivity index (χ2n) is 6.39. The van der Waals surface area contributed by atoms with E-state index < -0.39 is 0 Å². The molecule has 0 aliphatic heterocycles. The third-order valence-corrected chi connectivity index (χ3v) is 4.03. The summed E-state index contributed by atoms with van der Waals surface area (Å²) in [5.41, 5.74) is 0.285. The normalized spacial score (nSPS) is 17.2. The smallest absolute Gasteiger partial charge is 0.306 e. The number of carbonyl (C=O) groups is 2. The molecular weight excluding hydrogens is 254 g/mol. The molecule has 4 nitrogen and oxygen atoms in total. The van der Waals surface area contributed by atoms with Crippen molar-refractivity contribution in [3.05, 3.63) is 0 Å². The zero-order chi connectivity index (χ0) is 15.0. The maximum Gasteiger partial charge on any atom is 0.306 e. The van der Waals surface area contributed by atoms with Gasteiger partial charge in [-0.2, -0.15) is 0 Å². The molecule has 0 aromatic rings. The van der Waals surface area contributed by atoms with Gasteiger partial charge in [0.15, 0.2) is 0 Å². The molecule has 1 aliphatic rings. The Morgan fingerprint density at radius 2 is 1.85 bits per heavy atom. The maximum atomic E-state index is 11.8. The molecule has 0 unspecified atom stereocenters. The Morgan fingerprint density at radius 1 is 1.20 bits per heavy atom. The Labute approximate surface area is 122 Å². The average molecular weight is 283 g/mol. The first-order valence-electron chi connectivity index (χ1n) is 7.90. The van der Waals surface area contributed by atoms with E-state index in [0.717, 1.165) is 6.54 Å². The van der Waals surface area contributed by atoms with Gasteiger partial charge in [0.2, 0.25) is 5.91 Å². The predicted octanol–water partition coefficient (Wildman–Crippen LogP) is 3.05. The standard InChI is InChI=1S/C16H29NO3/c1-4-20-15(19)8-7-14(18)17-12-16(11-13(2)3)9-5-6-10-16/h13H,4-12H2,1-3H3,(H,17,18). The quantitative estimate of drug-likeness (QED) is 0.697. The Balaban J connectivity index is 2.32. The molecule has 0 bridgehead atoms. The number of hydrogen-bond acceptors (Lipinski definition) is 3. The molecule has 1 rings (SSSR count). The van der Waals surface area contributed by atoms with Crippen LogP contribution >= 0.6 is 0 Å². The molecule has 1 aliphatic carbocycles. The van der Waals surface area contributed by atoms with E-state index in [4.69, 9.17) is 4.74 Å². The summed E-state index contributed by atoms with van der Waals surface area (Å²) in [5, 5.41) is 3.02. The van der Waals surface area contributed by atoms with Crippen LogP contribution in [0.1, 0.15) is 65.7 Å². The maximum absolute atomic E-state index is 11.8. The van der Waals surface area contributed by atoms with E-state index in [2.05, 4.69) is 19.2 Å². The summed E-state index contributed by atoms with van der Waals surface area (Å²) < 4.78 is 4.82. The van der Waals surface area contributed by atoms with Crippen molar-refractivity contribution in [2.24, 2.45) is 11.3 Å². The third-order valence-electron chi connectivity index (χ3n) is 4.03. The molecule has 0 aromatic carbocycles. The highest BCUT2D eigenvalue weighted by Crippen LogP contribution is 2.42. The first kappa shape index (κ1) is 17.0. The number of carbonyl (C=O) groups excluding carboxylic acids is 2. The summed E-state index contributed by atoms with van der Waals surface area (Å²) in [6, 6.07) is 0. The van der Waals surface area contributed by atoms with Gasteiger partial charge < -0.3 is 10.1 Å². The second kappa shape index (κ2) is 8.28. The Kier molecular flexibility index (Phi) is 7.03. The molecule has 1 saturated carbocycles. The number of rotatable bonds is 8. The van der Waals surface area contributed by atoms with Crippen molar-refractivity contribution in [2.75, 3.05) is 13.2 Å². The zero-order valence-corrected chi connectivity index (χ0v) is 13.2. The third kappa shape index (κ3) is 5.93. The predicted molar refractivity (Wildman–Crippen MR) is 79.2 cm³/mol. The molecule has 0 aromatic heterocycles. The zero-order valence-electron chi connectivity index (χ0n) is 13.2. The molecule has 1 amide bonds. The van der Waals surface area contributed by atoms with Gasteiger partial charge in [-0.05, 0) is 37.5 Å². The van der Waals surface area contributed by atoms with Crippen LogP contribution in [-0.4, -0.2) is 25.0 Å². The number of hydrogen-bond donors (Lipinski definition) is 1. The van der Waals surface area contributed by atoms with Crippen LogP contribution in [0.15, 0.2) is 0 Å². The van der Waals surface area contributed by atoms with Gasteiger partial charge in [-0.3, -0.25) is 9.59 Å². The number of amides is 1. The van der Waals surface area contributed by atoms with E-state index in [-0.39, 0.29) is 30.1 Å². The van der Waals surface area contributed by atoms with Crippen molar-refractivity contribution < 1.29 is 14.3 Å². The van der Waals surface area contributed by atoms with Gasteiger partial charge >= 0.3 is 5.97 Å². The summed E-state index contributed by atoms with van der Waals surface area (Å²) in [5.74, 6) is 0.332. The molecule has 0 radical (unpaired) electrons. The summed E-state index contributed by atoms with van der Waals surface area (Å²) in [7, 11) is 0. The molecule has 0 heterocycles. The van der Waals surface area contributed by atoms with E-state index in [1.807, 2.05) is 0 Å². The van der Waals surface area contributed by atoms with Crippen LogP contribution in [0.3, 0.4) is 0 Å². The first-order valence-corrected chi connectivity index (χ1v) is 7.90. The van der Waals surface area contributed by atoms with Gasteiger partial charge in [0, 0.05) is 13.0 Å². The van der Waals surface area contributed by atoms with E-state index >= 15 is 0 Å². The Hall–Kier alpha value is -1.06. The summed E-state index contributed by atoms with van der Waals surface area (Å²) in [6.07, 6.45) is 6.54. The van der Waals surface area contributed by atoms with Gasteiger partial charge in [0.05, 0.1) is 13.0 Å². The van der Waals surface area contributed by atoms with Crippen molar-refractivity contribution in [1.29, 1.82) is 0 Å². The molecule has 1 fully saturated rings. The molecule has 4 heteroatoms. The number of nitrogens with one attached hydrogen (secondary N) is 1. The van der Waals surface area contributed by atoms with E-state index in [9.17, 15) is 9.59 Å². The lowest BCUT2D eigenvalue weighted by Crippen LogP contribution is -2.37. The fraction of sp³-hybridized carbons (Fsp3) is 0.875. The van der Waals surface area contributed by atoms with Crippen LogP contribution in [0.4, 0.5) is 0 Å². The van der Waals surface area contributed by atoms with Gasteiger partial charge in [-0.15, -0.1) is 0 Å². The van der Waals surface area contributed by atoms with Gasteiger partial charge in [-0.25, -0.2) is 0 Å². The van der Waals surface area contributed by atoms with Crippen LogP contribution in [0.5, 0.6) is 0 Å². The fourth-order valence-electron chi connectivity index (χ4n) is 3.27. The molecular formula is C16H29NO3. The van der Waals surface area contributed by atoms with Crippen LogP contribution in [0.2, 0.25) is 0 Å². The summed E-state index contributed by atoms with van der Waals surface area (Å²) in [4.78, 5) is 23.0. The van der Waals surface area contributed by atoms with Crippen LogP contribution in [-0.2, 0) is 14.3 Å². The SMILES string of the molecule is CCOC(=O)CCC(=O)NCC1(CC(C)C)CCCC1. The summed E-state index contributed by atoms with van der Waals surface area (Å²) >= 11 is 0. The first-order chi connectivity index (χ1) is 9.47. The van der Waals surface area contributed by atoms with Crippen molar-refractivity contribution in [3.8, 4) is 0 Å². The highest BCUT2D eigenvalue weighted by atomic mass is 16.5. The molecule has 0 atom stereocenters. The van der Waals surface area contributed by atoms with E-state index in [0.29, 0.717) is 12.5 Å². The monoisotopic (exact) mass is 283 g/mol. The number of ether oxygens (including phenoxy) is 1. The van der Waals surface area contributed by atoms with Crippen molar-refractivity contribution in [3.63, 3.8) is 0 Å². The largest absolute Gasteiger partial charge is 0.466 e. The van der Waals surface area contributed by atoms with Crippen molar-refractivity contribution >= 4 is 11.9 Å². The highest BCUT2D eigenvalue weighted by Gasteiger charge is 2.34. The molecule has 0 saturated heterocycles. The van der Waals surface area contributed by atoms with Crippen LogP contribution < -0.4 is 5.32 Å². The number of esters is 1. The molecule has 116 valence electrons. The fourth-order valence-corrected chi connectivity index (χ4v) is 3.27. The summed E-state index contributed by atoms with van der Waals surface area (Å²) in [6.45, 7) is 7.38. The Bertz CT molecular complexity index is 320. The minimum absolute atomic E-state index is 0.0342. The molecule has 20 heavy (non-hydrogen) atoms.